The molecule has 1 aromatic carbocycles. The van der Waals surface area contributed by atoms with Crippen LogP contribution < -0.4 is 9.47 Å². The van der Waals surface area contributed by atoms with E-state index in [0.717, 1.165) is 47.3 Å². The zero-order valence-corrected chi connectivity index (χ0v) is 16.0. The van der Waals surface area contributed by atoms with Crippen LogP contribution in [0.15, 0.2) is 18.2 Å². The largest absolute Gasteiger partial charge is 0.454 e. The van der Waals surface area contributed by atoms with Crippen LogP contribution in [-0.2, 0) is 17.6 Å². The molecule has 6 nitrogen and oxygen atoms in total. The molecule has 0 saturated carbocycles. The zero-order chi connectivity index (χ0) is 18.1. The predicted molar refractivity (Wildman–Crippen MR) is 98.5 cm³/mol. The van der Waals surface area contributed by atoms with Crippen molar-refractivity contribution in [1.82, 2.24) is 15.1 Å². The van der Waals surface area contributed by atoms with Crippen LogP contribution in [0.3, 0.4) is 0 Å². The molecule has 3 heterocycles. The van der Waals surface area contributed by atoms with E-state index in [1.54, 1.807) is 11.3 Å². The van der Waals surface area contributed by atoms with Gasteiger partial charge in [0.1, 0.15) is 10.0 Å². The lowest BCUT2D eigenvalue weighted by Crippen LogP contribution is -2.46. The minimum absolute atomic E-state index is 0.0681. The minimum atomic E-state index is 0.0681. The minimum Gasteiger partial charge on any atom is -0.454 e. The van der Waals surface area contributed by atoms with Crippen LogP contribution in [0.2, 0.25) is 0 Å². The summed E-state index contributed by atoms with van der Waals surface area (Å²) in [4.78, 5) is 14.4. The summed E-state index contributed by atoms with van der Waals surface area (Å²) in [5.41, 5.74) is 1.30. The number of piperidine rings is 1. The monoisotopic (exact) mass is 373 g/mol. The highest BCUT2D eigenvalue weighted by Gasteiger charge is 2.35. The zero-order valence-electron chi connectivity index (χ0n) is 15.2. The number of hydrogen-bond acceptors (Lipinski definition) is 6. The van der Waals surface area contributed by atoms with Crippen molar-refractivity contribution < 1.29 is 14.3 Å². The molecule has 0 spiro atoms. The Hall–Kier alpha value is -2.15. The predicted octanol–water partition coefficient (Wildman–Crippen LogP) is 2.99. The van der Waals surface area contributed by atoms with Gasteiger partial charge in [0.25, 0.3) is 0 Å². The van der Waals surface area contributed by atoms with Crippen molar-refractivity contribution in [1.29, 1.82) is 0 Å². The molecule has 26 heavy (non-hydrogen) atoms. The molecule has 7 heteroatoms. The maximum atomic E-state index is 12.4. The van der Waals surface area contributed by atoms with Crippen molar-refractivity contribution in [2.24, 2.45) is 5.41 Å². The second-order valence-corrected chi connectivity index (χ2v) is 8.72. The number of ether oxygens (including phenoxy) is 2. The quantitative estimate of drug-likeness (QED) is 0.806. The summed E-state index contributed by atoms with van der Waals surface area (Å²) in [5, 5.41) is 10.2. The smallest absolute Gasteiger partial charge is 0.231 e. The third kappa shape index (κ3) is 3.67. The van der Waals surface area contributed by atoms with Crippen LogP contribution in [0.4, 0.5) is 0 Å². The summed E-state index contributed by atoms with van der Waals surface area (Å²) in [5.74, 6) is 1.88. The van der Waals surface area contributed by atoms with Gasteiger partial charge >= 0.3 is 0 Å². The molecule has 2 aromatic rings. The standard InChI is InChI=1S/C19H23N3O3S/c1-13-20-21-17(26-13)6-8-22-11-19(2,7-5-18(22)23)10-14-3-4-15-16(9-14)25-12-24-15/h3-4,9H,5-8,10-12H2,1-2H3/t19-/m0/s1. The van der Waals surface area contributed by atoms with Crippen LogP contribution >= 0.6 is 11.3 Å². The average molecular weight is 373 g/mol. The van der Waals surface area contributed by atoms with E-state index in [-0.39, 0.29) is 11.3 Å². The van der Waals surface area contributed by atoms with E-state index >= 15 is 0 Å². The Balaban J connectivity index is 1.41. The van der Waals surface area contributed by atoms with Gasteiger partial charge in [-0.3, -0.25) is 4.79 Å². The summed E-state index contributed by atoms with van der Waals surface area (Å²) >= 11 is 1.61. The number of carbonyl (C=O) groups is 1. The van der Waals surface area contributed by atoms with Crippen molar-refractivity contribution in [3.8, 4) is 11.5 Å². The van der Waals surface area contributed by atoms with Gasteiger partial charge in [0.2, 0.25) is 12.7 Å². The number of aromatic nitrogens is 2. The van der Waals surface area contributed by atoms with Crippen molar-refractivity contribution in [2.75, 3.05) is 19.9 Å². The molecule has 1 saturated heterocycles. The first-order valence-electron chi connectivity index (χ1n) is 8.96. The van der Waals surface area contributed by atoms with Gasteiger partial charge in [-0.15, -0.1) is 21.5 Å². The molecule has 0 aliphatic carbocycles. The highest BCUT2D eigenvalue weighted by Crippen LogP contribution is 2.37. The lowest BCUT2D eigenvalue weighted by molar-refractivity contribution is -0.137. The van der Waals surface area contributed by atoms with E-state index in [0.29, 0.717) is 19.8 Å². The molecule has 4 rings (SSSR count). The Morgan fingerprint density at radius 1 is 1.27 bits per heavy atom. The highest BCUT2D eigenvalue weighted by molar-refractivity contribution is 7.11. The summed E-state index contributed by atoms with van der Waals surface area (Å²) < 4.78 is 10.9. The van der Waals surface area contributed by atoms with Gasteiger partial charge < -0.3 is 14.4 Å². The number of nitrogens with zero attached hydrogens (tertiary/aromatic N) is 3. The van der Waals surface area contributed by atoms with Crippen LogP contribution in [-0.4, -0.2) is 40.9 Å². The van der Waals surface area contributed by atoms with Gasteiger partial charge in [-0.1, -0.05) is 13.0 Å². The number of hydrogen-bond donors (Lipinski definition) is 0. The SMILES string of the molecule is Cc1nnc(CCN2C[C@](C)(Cc3ccc4c(c3)OCO4)CCC2=O)s1. The Kier molecular flexibility index (Phi) is 4.56. The third-order valence-corrected chi connectivity index (χ3v) is 6.00. The van der Waals surface area contributed by atoms with Crippen molar-refractivity contribution in [3.05, 3.63) is 33.8 Å². The lowest BCUT2D eigenvalue weighted by Gasteiger charge is -2.40. The molecule has 2 aliphatic rings. The van der Waals surface area contributed by atoms with E-state index in [1.165, 1.54) is 5.56 Å². The first kappa shape index (κ1) is 17.3. The molecule has 1 aromatic heterocycles. The third-order valence-electron chi connectivity index (χ3n) is 5.10. The Morgan fingerprint density at radius 2 is 2.12 bits per heavy atom. The summed E-state index contributed by atoms with van der Waals surface area (Å²) in [6.45, 7) is 6.01. The molecular weight excluding hydrogens is 350 g/mol. The van der Waals surface area contributed by atoms with Crippen LogP contribution in [0.5, 0.6) is 11.5 Å². The Morgan fingerprint density at radius 3 is 2.92 bits per heavy atom. The second-order valence-electron chi connectivity index (χ2n) is 7.46. The molecular formula is C19H23N3O3S. The number of likely N-dealkylation sites (tertiary alicyclic amines) is 1. The molecule has 0 unspecified atom stereocenters. The molecule has 0 bridgehead atoms. The van der Waals surface area contributed by atoms with Crippen molar-refractivity contribution in [3.63, 3.8) is 0 Å². The molecule has 138 valence electrons. The second kappa shape index (κ2) is 6.87. The molecule has 0 N–H and O–H groups in total. The van der Waals surface area contributed by atoms with Crippen molar-refractivity contribution >= 4 is 17.2 Å². The average Bonchev–Trinajstić information content (AvgIpc) is 3.24. The van der Waals surface area contributed by atoms with Gasteiger partial charge in [0.05, 0.1) is 0 Å². The van der Waals surface area contributed by atoms with E-state index in [1.807, 2.05) is 17.9 Å². The summed E-state index contributed by atoms with van der Waals surface area (Å²) in [7, 11) is 0. The fraction of sp³-hybridized carbons (Fsp3) is 0.526. The van der Waals surface area contributed by atoms with Gasteiger partial charge in [-0.25, -0.2) is 0 Å². The maximum Gasteiger partial charge on any atom is 0.231 e. The highest BCUT2D eigenvalue weighted by atomic mass is 32.1. The van der Waals surface area contributed by atoms with Crippen LogP contribution in [0.25, 0.3) is 0 Å². The molecule has 2 aliphatic heterocycles. The number of benzene rings is 1. The summed E-state index contributed by atoms with van der Waals surface area (Å²) in [6.07, 6.45) is 3.22. The number of fused-ring (bicyclic) bond motifs is 1. The first-order valence-corrected chi connectivity index (χ1v) is 9.78. The van der Waals surface area contributed by atoms with Gasteiger partial charge in [0, 0.05) is 25.9 Å². The van der Waals surface area contributed by atoms with E-state index in [2.05, 4.69) is 29.3 Å². The maximum absolute atomic E-state index is 12.4. The number of amides is 1. The molecule has 1 amide bonds. The van der Waals surface area contributed by atoms with Gasteiger partial charge in [-0.05, 0) is 42.9 Å². The van der Waals surface area contributed by atoms with Crippen LogP contribution in [0.1, 0.15) is 35.3 Å². The van der Waals surface area contributed by atoms with E-state index < -0.39 is 0 Å². The van der Waals surface area contributed by atoms with Gasteiger partial charge in [0.15, 0.2) is 11.5 Å². The number of rotatable bonds is 5. The van der Waals surface area contributed by atoms with E-state index in [9.17, 15) is 4.79 Å². The fourth-order valence-electron chi connectivity index (χ4n) is 3.76. The molecule has 1 fully saturated rings. The Labute approximate surface area is 157 Å². The van der Waals surface area contributed by atoms with E-state index in [4.69, 9.17) is 9.47 Å². The van der Waals surface area contributed by atoms with Crippen LogP contribution in [0, 0.1) is 12.3 Å². The fourth-order valence-corrected chi connectivity index (χ4v) is 4.45. The van der Waals surface area contributed by atoms with Gasteiger partial charge in [-0.2, -0.15) is 0 Å². The number of carbonyl (C=O) groups excluding carboxylic acids is 1. The van der Waals surface area contributed by atoms with Crippen molar-refractivity contribution in [2.45, 2.75) is 39.5 Å². The molecule has 0 radical (unpaired) electrons. The lowest BCUT2D eigenvalue weighted by atomic mass is 9.76. The Bertz CT molecular complexity index is 822. The normalized spacial score (nSPS) is 22.1. The topological polar surface area (TPSA) is 64.6 Å². The number of aryl methyl sites for hydroxylation is 1. The summed E-state index contributed by atoms with van der Waals surface area (Å²) in [6, 6.07) is 6.15. The first-order chi connectivity index (χ1) is 12.5. The molecule has 1 atom stereocenters.